The summed E-state index contributed by atoms with van der Waals surface area (Å²) in [4.78, 5) is 28.1. The number of aromatic amines is 1. The summed E-state index contributed by atoms with van der Waals surface area (Å²) in [5.74, 6) is 0.751. The Balaban J connectivity index is 1.39. The fourth-order valence-corrected chi connectivity index (χ4v) is 4.02. The van der Waals surface area contributed by atoms with Crippen LogP contribution in [0.25, 0.3) is 21.9 Å². The first kappa shape index (κ1) is 21.5. The number of aromatic hydroxyl groups is 1. The lowest BCUT2D eigenvalue weighted by atomic mass is 10.0. The van der Waals surface area contributed by atoms with Gasteiger partial charge in [0.2, 0.25) is 5.91 Å². The number of aryl methyl sites for hydroxylation is 2. The molecule has 0 aliphatic heterocycles. The second-order valence-electron chi connectivity index (χ2n) is 7.90. The third kappa shape index (κ3) is 4.06. The number of phenols is 1. The molecule has 0 radical (unpaired) electrons. The van der Waals surface area contributed by atoms with Crippen molar-refractivity contribution in [1.29, 1.82) is 0 Å². The predicted octanol–water partition coefficient (Wildman–Crippen LogP) is 3.90. The molecule has 4 aromatic rings. The number of carbonyl (C=O) groups is 1. The Morgan fingerprint density at radius 1 is 1.12 bits per heavy atom. The van der Waals surface area contributed by atoms with E-state index < -0.39 is 5.63 Å². The number of fused-ring (bicyclic) bond motifs is 2. The van der Waals surface area contributed by atoms with E-state index >= 15 is 0 Å². The summed E-state index contributed by atoms with van der Waals surface area (Å²) in [5, 5.41) is 14.6. The molecule has 4 rings (SSSR count). The number of nitrogens with one attached hydrogen (secondary N) is 2. The first-order chi connectivity index (χ1) is 15.4. The number of hydrogen-bond acceptors (Lipinski definition) is 5. The van der Waals surface area contributed by atoms with Crippen LogP contribution >= 0.6 is 0 Å². The highest BCUT2D eigenvalue weighted by molar-refractivity contribution is 5.86. The van der Waals surface area contributed by atoms with Gasteiger partial charge in [-0.1, -0.05) is 0 Å². The predicted molar refractivity (Wildman–Crippen MR) is 124 cm³/mol. The molecule has 3 N–H and O–H groups in total. The minimum atomic E-state index is -0.468. The Morgan fingerprint density at radius 2 is 1.94 bits per heavy atom. The molecular weight excluding hydrogens is 408 g/mol. The number of carbonyl (C=O) groups excluding carboxylic acids is 1. The van der Waals surface area contributed by atoms with Crippen molar-refractivity contribution in [2.45, 2.75) is 33.1 Å². The molecule has 1 amide bonds. The van der Waals surface area contributed by atoms with Gasteiger partial charge in [0.1, 0.15) is 17.1 Å². The van der Waals surface area contributed by atoms with Crippen LogP contribution in [0, 0.1) is 13.8 Å². The van der Waals surface area contributed by atoms with Crippen molar-refractivity contribution in [3.63, 3.8) is 0 Å². The van der Waals surface area contributed by atoms with Crippen LogP contribution in [0.5, 0.6) is 11.5 Å². The molecule has 2 heterocycles. The number of phenolic OH excluding ortho intramolecular Hbond substituents is 1. The van der Waals surface area contributed by atoms with Gasteiger partial charge in [0.15, 0.2) is 0 Å². The van der Waals surface area contributed by atoms with E-state index in [2.05, 4.69) is 10.3 Å². The molecular formula is C25H26N2O5. The number of hydrogen-bond donors (Lipinski definition) is 3. The molecule has 2 aromatic heterocycles. The molecule has 0 bridgehead atoms. The van der Waals surface area contributed by atoms with Gasteiger partial charge >= 0.3 is 5.63 Å². The standard InChI is InChI=1S/C25H26N2O5/c1-14-18-5-8-22(28)15(2)24(18)32-25(30)19(14)6-9-23(29)26-11-10-16-13-27-21-7-4-17(31-3)12-20(16)21/h4-5,7-8,12-13,27-28H,6,9-11H2,1-3H3,(H,26,29). The lowest BCUT2D eigenvalue weighted by molar-refractivity contribution is -0.121. The van der Waals surface area contributed by atoms with Crippen LogP contribution in [-0.4, -0.2) is 29.7 Å². The first-order valence-electron chi connectivity index (χ1n) is 10.5. The summed E-state index contributed by atoms with van der Waals surface area (Å²) in [5.41, 5.74) is 3.83. The lowest BCUT2D eigenvalue weighted by Crippen LogP contribution is -2.26. The van der Waals surface area contributed by atoms with E-state index in [0.29, 0.717) is 36.1 Å². The number of rotatable bonds is 7. The number of methoxy groups -OCH3 is 1. The number of H-pyrrole nitrogens is 1. The van der Waals surface area contributed by atoms with E-state index in [-0.39, 0.29) is 18.1 Å². The Bertz CT molecular complexity index is 1370. The maximum atomic E-state index is 12.5. The molecule has 7 heteroatoms. The van der Waals surface area contributed by atoms with Crippen LogP contribution < -0.4 is 15.7 Å². The summed E-state index contributed by atoms with van der Waals surface area (Å²) < 4.78 is 10.7. The van der Waals surface area contributed by atoms with Gasteiger partial charge in [-0.3, -0.25) is 4.79 Å². The Morgan fingerprint density at radius 3 is 2.72 bits per heavy atom. The lowest BCUT2D eigenvalue weighted by Gasteiger charge is -2.10. The van der Waals surface area contributed by atoms with Gasteiger partial charge in [-0.2, -0.15) is 0 Å². The summed E-state index contributed by atoms with van der Waals surface area (Å²) in [6, 6.07) is 9.17. The zero-order chi connectivity index (χ0) is 22.8. The van der Waals surface area contributed by atoms with E-state index in [0.717, 1.165) is 33.2 Å². The molecule has 0 aliphatic rings. The fourth-order valence-electron chi connectivity index (χ4n) is 4.02. The van der Waals surface area contributed by atoms with Crippen LogP contribution in [0.1, 0.15) is 28.7 Å². The van der Waals surface area contributed by atoms with Gasteiger partial charge in [-0.05, 0) is 68.1 Å². The molecule has 166 valence electrons. The molecule has 2 aromatic carbocycles. The molecule has 32 heavy (non-hydrogen) atoms. The highest BCUT2D eigenvalue weighted by atomic mass is 16.5. The quantitative estimate of drug-likeness (QED) is 0.383. The van der Waals surface area contributed by atoms with Crippen molar-refractivity contribution in [3.8, 4) is 11.5 Å². The average molecular weight is 434 g/mol. The second-order valence-corrected chi connectivity index (χ2v) is 7.90. The van der Waals surface area contributed by atoms with Crippen LogP contribution in [0.2, 0.25) is 0 Å². The monoisotopic (exact) mass is 434 g/mol. The number of aromatic nitrogens is 1. The number of ether oxygens (including phenoxy) is 1. The summed E-state index contributed by atoms with van der Waals surface area (Å²) in [7, 11) is 1.64. The van der Waals surface area contributed by atoms with Gasteiger partial charge in [0, 0.05) is 46.6 Å². The topological polar surface area (TPSA) is 105 Å². The van der Waals surface area contributed by atoms with Crippen molar-refractivity contribution in [3.05, 3.63) is 69.2 Å². The normalized spacial score (nSPS) is 11.2. The molecule has 0 spiro atoms. The summed E-state index contributed by atoms with van der Waals surface area (Å²) in [6.45, 7) is 4.04. The van der Waals surface area contributed by atoms with Crippen LogP contribution in [0.15, 0.2) is 45.7 Å². The minimum Gasteiger partial charge on any atom is -0.508 e. The van der Waals surface area contributed by atoms with E-state index in [1.165, 1.54) is 0 Å². The zero-order valence-electron chi connectivity index (χ0n) is 18.4. The smallest absolute Gasteiger partial charge is 0.339 e. The molecule has 0 saturated heterocycles. The first-order valence-corrected chi connectivity index (χ1v) is 10.5. The summed E-state index contributed by atoms with van der Waals surface area (Å²) in [6.07, 6.45) is 3.11. The minimum absolute atomic E-state index is 0.0841. The summed E-state index contributed by atoms with van der Waals surface area (Å²) >= 11 is 0. The van der Waals surface area contributed by atoms with Gasteiger partial charge in [0.05, 0.1) is 7.11 Å². The number of benzene rings is 2. The van der Waals surface area contributed by atoms with Gasteiger partial charge < -0.3 is 24.6 Å². The van der Waals surface area contributed by atoms with E-state index in [1.807, 2.05) is 31.3 Å². The van der Waals surface area contributed by atoms with Crippen LogP contribution in [0.3, 0.4) is 0 Å². The Labute approximate surface area is 185 Å². The van der Waals surface area contributed by atoms with Crippen molar-refractivity contribution < 1.29 is 19.1 Å². The van der Waals surface area contributed by atoms with E-state index in [4.69, 9.17) is 9.15 Å². The van der Waals surface area contributed by atoms with Gasteiger partial charge in [-0.15, -0.1) is 0 Å². The maximum absolute atomic E-state index is 12.5. The Kier molecular flexibility index (Phi) is 5.90. The van der Waals surface area contributed by atoms with Crippen molar-refractivity contribution in [2.75, 3.05) is 13.7 Å². The van der Waals surface area contributed by atoms with E-state index in [1.54, 1.807) is 26.2 Å². The highest BCUT2D eigenvalue weighted by Crippen LogP contribution is 2.28. The zero-order valence-corrected chi connectivity index (χ0v) is 18.4. The highest BCUT2D eigenvalue weighted by Gasteiger charge is 2.15. The molecule has 0 saturated carbocycles. The molecule has 0 atom stereocenters. The third-order valence-electron chi connectivity index (χ3n) is 5.97. The van der Waals surface area contributed by atoms with Gasteiger partial charge in [0.25, 0.3) is 0 Å². The van der Waals surface area contributed by atoms with Crippen molar-refractivity contribution in [2.24, 2.45) is 0 Å². The fraction of sp³-hybridized carbons (Fsp3) is 0.280. The SMILES string of the molecule is COc1ccc2[nH]cc(CCNC(=O)CCc3c(C)c4ccc(O)c(C)c4oc3=O)c2c1. The molecule has 0 fully saturated rings. The Hall–Kier alpha value is -3.74. The largest absolute Gasteiger partial charge is 0.508 e. The number of amides is 1. The van der Waals surface area contributed by atoms with Crippen LogP contribution in [0.4, 0.5) is 0 Å². The maximum Gasteiger partial charge on any atom is 0.339 e. The molecule has 0 aliphatic carbocycles. The van der Waals surface area contributed by atoms with Crippen molar-refractivity contribution >= 4 is 27.8 Å². The second kappa shape index (κ2) is 8.78. The van der Waals surface area contributed by atoms with Crippen molar-refractivity contribution in [1.82, 2.24) is 10.3 Å². The third-order valence-corrected chi connectivity index (χ3v) is 5.97. The van der Waals surface area contributed by atoms with Gasteiger partial charge in [-0.25, -0.2) is 4.79 Å². The average Bonchev–Trinajstić information content (AvgIpc) is 3.18. The van der Waals surface area contributed by atoms with E-state index in [9.17, 15) is 14.7 Å². The van der Waals surface area contributed by atoms with Crippen LogP contribution in [-0.2, 0) is 17.6 Å². The molecule has 7 nitrogen and oxygen atoms in total. The molecule has 0 unspecified atom stereocenters.